The van der Waals surface area contributed by atoms with Gasteiger partial charge in [0.05, 0.1) is 0 Å². The van der Waals surface area contributed by atoms with Crippen LogP contribution < -0.4 is 10.2 Å². The highest BCUT2D eigenvalue weighted by molar-refractivity contribution is 5.55. The molecular formula is C19H33N3. The largest absolute Gasteiger partial charge is 0.385 e. The quantitative estimate of drug-likeness (QED) is 0.889. The van der Waals surface area contributed by atoms with Gasteiger partial charge in [-0.15, -0.1) is 0 Å². The van der Waals surface area contributed by atoms with Crippen molar-refractivity contribution in [1.29, 1.82) is 0 Å². The Hall–Kier alpha value is -1.22. The van der Waals surface area contributed by atoms with Crippen LogP contribution in [0, 0.1) is 11.3 Å². The predicted octanol–water partition coefficient (Wildman–Crippen LogP) is 3.92. The Morgan fingerprint density at radius 3 is 2.09 bits per heavy atom. The van der Waals surface area contributed by atoms with Crippen LogP contribution >= 0.6 is 0 Å². The molecule has 22 heavy (non-hydrogen) atoms. The predicted molar refractivity (Wildman–Crippen MR) is 97.9 cm³/mol. The zero-order chi connectivity index (χ0) is 16.2. The maximum atomic E-state index is 3.52. The number of hydrogen-bond donors (Lipinski definition) is 1. The zero-order valence-corrected chi connectivity index (χ0v) is 15.0. The van der Waals surface area contributed by atoms with E-state index >= 15 is 0 Å². The van der Waals surface area contributed by atoms with Crippen molar-refractivity contribution in [3.05, 3.63) is 24.3 Å². The maximum absolute atomic E-state index is 3.52. The molecule has 2 rings (SSSR count). The highest BCUT2D eigenvalue weighted by atomic mass is 15.3. The molecule has 0 spiro atoms. The summed E-state index contributed by atoms with van der Waals surface area (Å²) in [5.74, 6) is 0.764. The second-order valence-electron chi connectivity index (χ2n) is 8.14. The summed E-state index contributed by atoms with van der Waals surface area (Å²) in [6.07, 6.45) is 0. The number of nitrogens with zero attached hydrogens (tertiary/aromatic N) is 2. The van der Waals surface area contributed by atoms with Crippen LogP contribution in [0.4, 0.5) is 11.4 Å². The van der Waals surface area contributed by atoms with Gasteiger partial charge in [-0.2, -0.15) is 0 Å². The van der Waals surface area contributed by atoms with E-state index in [-0.39, 0.29) is 0 Å². The van der Waals surface area contributed by atoms with Crippen molar-refractivity contribution in [2.45, 2.75) is 34.6 Å². The summed E-state index contributed by atoms with van der Waals surface area (Å²) >= 11 is 0. The molecule has 1 aromatic rings. The van der Waals surface area contributed by atoms with Crippen molar-refractivity contribution in [2.24, 2.45) is 11.3 Å². The third-order valence-corrected chi connectivity index (χ3v) is 4.05. The Morgan fingerprint density at radius 2 is 1.59 bits per heavy atom. The lowest BCUT2D eigenvalue weighted by Crippen LogP contribution is -2.47. The van der Waals surface area contributed by atoms with Crippen molar-refractivity contribution in [1.82, 2.24) is 4.90 Å². The van der Waals surface area contributed by atoms with Crippen molar-refractivity contribution in [3.63, 3.8) is 0 Å². The van der Waals surface area contributed by atoms with Gasteiger partial charge in [-0.3, -0.25) is 4.90 Å². The van der Waals surface area contributed by atoms with Crippen molar-refractivity contribution in [2.75, 3.05) is 49.5 Å². The minimum atomic E-state index is 0.311. The molecule has 1 fully saturated rings. The first-order chi connectivity index (χ1) is 10.3. The van der Waals surface area contributed by atoms with Gasteiger partial charge in [-0.25, -0.2) is 0 Å². The molecule has 0 saturated carbocycles. The van der Waals surface area contributed by atoms with Crippen molar-refractivity contribution < 1.29 is 0 Å². The van der Waals surface area contributed by atoms with E-state index < -0.39 is 0 Å². The molecular weight excluding hydrogens is 270 g/mol. The monoisotopic (exact) mass is 303 g/mol. The Morgan fingerprint density at radius 1 is 1.00 bits per heavy atom. The van der Waals surface area contributed by atoms with Crippen LogP contribution in [0.5, 0.6) is 0 Å². The average molecular weight is 303 g/mol. The fourth-order valence-electron chi connectivity index (χ4n) is 2.86. The summed E-state index contributed by atoms with van der Waals surface area (Å²) in [4.78, 5) is 5.09. The fourth-order valence-corrected chi connectivity index (χ4v) is 2.86. The van der Waals surface area contributed by atoms with E-state index in [0.717, 1.165) is 25.6 Å². The molecule has 0 aromatic heterocycles. The van der Waals surface area contributed by atoms with E-state index in [9.17, 15) is 0 Å². The normalized spacial score (nSPS) is 17.1. The molecule has 3 heteroatoms. The number of piperazine rings is 1. The first kappa shape index (κ1) is 17.1. The zero-order valence-electron chi connectivity index (χ0n) is 15.0. The Balaban J connectivity index is 1.84. The smallest absolute Gasteiger partial charge is 0.0368 e. The van der Waals surface area contributed by atoms with Gasteiger partial charge in [0.2, 0.25) is 0 Å². The number of nitrogens with one attached hydrogen (secondary N) is 1. The molecule has 1 saturated heterocycles. The van der Waals surface area contributed by atoms with Crippen LogP contribution in [0.25, 0.3) is 0 Å². The molecule has 1 aliphatic heterocycles. The van der Waals surface area contributed by atoms with E-state index in [0.29, 0.717) is 5.41 Å². The number of hydrogen-bond acceptors (Lipinski definition) is 3. The van der Waals surface area contributed by atoms with Crippen LogP contribution in [0.1, 0.15) is 34.6 Å². The lowest BCUT2D eigenvalue weighted by atomic mass is 9.97. The van der Waals surface area contributed by atoms with Gasteiger partial charge in [0.15, 0.2) is 0 Å². The second kappa shape index (κ2) is 7.36. The topological polar surface area (TPSA) is 18.5 Å². The minimum absolute atomic E-state index is 0.311. The van der Waals surface area contributed by atoms with E-state index in [2.05, 4.69) is 74.0 Å². The first-order valence-electron chi connectivity index (χ1n) is 8.65. The van der Waals surface area contributed by atoms with Gasteiger partial charge in [0.1, 0.15) is 0 Å². The molecule has 0 bridgehead atoms. The molecule has 1 aromatic carbocycles. The van der Waals surface area contributed by atoms with Gasteiger partial charge >= 0.3 is 0 Å². The molecule has 1 aliphatic rings. The SMILES string of the molecule is CC(C)CN1CCN(c2ccc(NCC(C)(C)C)cc2)CC1. The van der Waals surface area contributed by atoms with Crippen LogP contribution in [-0.4, -0.2) is 44.2 Å². The van der Waals surface area contributed by atoms with E-state index in [1.807, 2.05) is 0 Å². The number of anilines is 2. The lowest BCUT2D eigenvalue weighted by Gasteiger charge is -2.36. The Labute approximate surface area is 136 Å². The van der Waals surface area contributed by atoms with Gasteiger partial charge in [0, 0.05) is 50.6 Å². The van der Waals surface area contributed by atoms with Crippen LogP contribution in [-0.2, 0) is 0 Å². The maximum Gasteiger partial charge on any atom is 0.0368 e. The van der Waals surface area contributed by atoms with E-state index in [4.69, 9.17) is 0 Å². The van der Waals surface area contributed by atoms with Gasteiger partial charge in [0.25, 0.3) is 0 Å². The molecule has 0 unspecified atom stereocenters. The van der Waals surface area contributed by atoms with E-state index in [1.54, 1.807) is 0 Å². The van der Waals surface area contributed by atoms with Gasteiger partial charge in [-0.1, -0.05) is 34.6 Å². The van der Waals surface area contributed by atoms with Gasteiger partial charge in [-0.05, 0) is 35.6 Å². The fraction of sp³-hybridized carbons (Fsp3) is 0.684. The molecule has 0 amide bonds. The molecule has 124 valence electrons. The van der Waals surface area contributed by atoms with Crippen molar-refractivity contribution >= 4 is 11.4 Å². The Kier molecular flexibility index (Phi) is 5.74. The minimum Gasteiger partial charge on any atom is -0.385 e. The van der Waals surface area contributed by atoms with Crippen molar-refractivity contribution in [3.8, 4) is 0 Å². The third kappa shape index (κ3) is 5.53. The summed E-state index contributed by atoms with van der Waals surface area (Å²) in [6, 6.07) is 8.93. The molecule has 1 heterocycles. The molecule has 0 atom stereocenters. The Bertz CT molecular complexity index is 437. The third-order valence-electron chi connectivity index (χ3n) is 4.05. The van der Waals surface area contributed by atoms with Crippen LogP contribution in [0.2, 0.25) is 0 Å². The van der Waals surface area contributed by atoms with Gasteiger partial charge < -0.3 is 10.2 Å². The molecule has 3 nitrogen and oxygen atoms in total. The lowest BCUT2D eigenvalue weighted by molar-refractivity contribution is 0.231. The van der Waals surface area contributed by atoms with E-state index in [1.165, 1.54) is 31.0 Å². The molecule has 1 N–H and O–H groups in total. The highest BCUT2D eigenvalue weighted by Gasteiger charge is 2.17. The molecule has 0 radical (unpaired) electrons. The standard InChI is InChI=1S/C19H33N3/c1-16(2)14-21-10-12-22(13-11-21)18-8-6-17(7-9-18)20-15-19(3,4)5/h6-9,16,20H,10-15H2,1-5H3. The first-order valence-corrected chi connectivity index (χ1v) is 8.65. The summed E-state index contributed by atoms with van der Waals surface area (Å²) in [5, 5.41) is 3.52. The van der Waals surface area contributed by atoms with Crippen LogP contribution in [0.3, 0.4) is 0 Å². The summed E-state index contributed by atoms with van der Waals surface area (Å²) in [7, 11) is 0. The summed E-state index contributed by atoms with van der Waals surface area (Å²) < 4.78 is 0. The van der Waals surface area contributed by atoms with Crippen LogP contribution in [0.15, 0.2) is 24.3 Å². The summed E-state index contributed by atoms with van der Waals surface area (Å²) in [6.45, 7) is 18.2. The highest BCUT2D eigenvalue weighted by Crippen LogP contribution is 2.21. The summed E-state index contributed by atoms with van der Waals surface area (Å²) in [5.41, 5.74) is 2.88. The average Bonchev–Trinajstić information content (AvgIpc) is 2.45. The molecule has 0 aliphatic carbocycles. The number of rotatable bonds is 5. The second-order valence-corrected chi connectivity index (χ2v) is 8.14. The number of benzene rings is 1.